The van der Waals surface area contributed by atoms with Crippen molar-refractivity contribution in [2.24, 2.45) is 0 Å². The largest absolute Gasteiger partial charge is 0.298 e. The number of hydrogen-bond donors (Lipinski definition) is 0. The van der Waals surface area contributed by atoms with Crippen molar-refractivity contribution in [3.05, 3.63) is 46.4 Å². The lowest BCUT2D eigenvalue weighted by molar-refractivity contribution is 0.112. The second kappa shape index (κ2) is 6.04. The zero-order valence-corrected chi connectivity index (χ0v) is 10.7. The van der Waals surface area contributed by atoms with E-state index in [1.165, 1.54) is 10.7 Å². The lowest BCUT2D eigenvalue weighted by Gasteiger charge is -2.07. The van der Waals surface area contributed by atoms with Crippen LogP contribution in [0.15, 0.2) is 35.3 Å². The molecule has 0 spiro atoms. The van der Waals surface area contributed by atoms with Crippen molar-refractivity contribution in [2.45, 2.75) is 26.3 Å². The van der Waals surface area contributed by atoms with Gasteiger partial charge in [-0.15, -0.1) is 0 Å². The standard InChI is InChI=1S/C14H15N3O2/c1-2-3-8-17-14(19)11(10-18)9-13(16-17)12-6-4-5-7-15-12/h4-7,9-10H,2-3,8H2,1H3. The monoisotopic (exact) mass is 257 g/mol. The van der Waals surface area contributed by atoms with Gasteiger partial charge in [0.1, 0.15) is 5.69 Å². The Balaban J connectivity index is 2.51. The number of aldehydes is 1. The molecule has 0 radical (unpaired) electrons. The van der Waals surface area contributed by atoms with E-state index in [4.69, 9.17) is 0 Å². The van der Waals surface area contributed by atoms with Crippen LogP contribution in [0.3, 0.4) is 0 Å². The molecule has 2 aromatic rings. The van der Waals surface area contributed by atoms with Gasteiger partial charge in [0.15, 0.2) is 6.29 Å². The first-order valence-electron chi connectivity index (χ1n) is 6.25. The molecular weight excluding hydrogens is 242 g/mol. The number of nitrogens with zero attached hydrogens (tertiary/aromatic N) is 3. The third-order valence-electron chi connectivity index (χ3n) is 2.78. The van der Waals surface area contributed by atoms with Crippen molar-refractivity contribution in [2.75, 3.05) is 0 Å². The van der Waals surface area contributed by atoms with Gasteiger partial charge in [-0.1, -0.05) is 19.4 Å². The Kier molecular flexibility index (Phi) is 4.18. The van der Waals surface area contributed by atoms with Crippen LogP contribution in [0.5, 0.6) is 0 Å². The zero-order chi connectivity index (χ0) is 13.7. The van der Waals surface area contributed by atoms with Crippen LogP contribution in [0.25, 0.3) is 11.4 Å². The number of aromatic nitrogens is 3. The molecule has 0 N–H and O–H groups in total. The number of aryl methyl sites for hydroxylation is 1. The van der Waals surface area contributed by atoms with Gasteiger partial charge in [-0.2, -0.15) is 5.10 Å². The normalized spacial score (nSPS) is 10.4. The Hall–Kier alpha value is -2.30. The molecule has 98 valence electrons. The first kappa shape index (κ1) is 13.1. The summed E-state index contributed by atoms with van der Waals surface area (Å²) in [5, 5.41) is 4.27. The smallest absolute Gasteiger partial charge is 0.277 e. The molecule has 0 bridgehead atoms. The summed E-state index contributed by atoms with van der Waals surface area (Å²) in [6.45, 7) is 2.55. The van der Waals surface area contributed by atoms with Crippen molar-refractivity contribution < 1.29 is 4.79 Å². The molecule has 0 unspecified atom stereocenters. The van der Waals surface area contributed by atoms with Crippen LogP contribution < -0.4 is 5.56 Å². The van der Waals surface area contributed by atoms with E-state index in [0.717, 1.165) is 12.8 Å². The van der Waals surface area contributed by atoms with Crippen molar-refractivity contribution >= 4 is 6.29 Å². The third-order valence-corrected chi connectivity index (χ3v) is 2.78. The third kappa shape index (κ3) is 2.93. The van der Waals surface area contributed by atoms with Crippen LogP contribution >= 0.6 is 0 Å². The van der Waals surface area contributed by atoms with E-state index in [1.807, 2.05) is 13.0 Å². The first-order chi connectivity index (χ1) is 9.26. The Labute approximate surface area is 110 Å². The summed E-state index contributed by atoms with van der Waals surface area (Å²) in [5.74, 6) is 0. The maximum atomic E-state index is 11.9. The van der Waals surface area contributed by atoms with Gasteiger partial charge in [0.05, 0.1) is 11.3 Å². The quantitative estimate of drug-likeness (QED) is 0.767. The number of hydrogen-bond acceptors (Lipinski definition) is 4. The number of rotatable bonds is 5. The Morgan fingerprint density at radius 1 is 1.32 bits per heavy atom. The molecule has 19 heavy (non-hydrogen) atoms. The summed E-state index contributed by atoms with van der Waals surface area (Å²) in [6.07, 6.45) is 4.02. The van der Waals surface area contributed by atoms with Gasteiger partial charge in [0, 0.05) is 12.7 Å². The minimum absolute atomic E-state index is 0.117. The van der Waals surface area contributed by atoms with Gasteiger partial charge >= 0.3 is 0 Å². The van der Waals surface area contributed by atoms with Gasteiger partial charge in [-0.3, -0.25) is 14.6 Å². The fourth-order valence-corrected chi connectivity index (χ4v) is 1.75. The van der Waals surface area contributed by atoms with E-state index in [2.05, 4.69) is 10.1 Å². The average Bonchev–Trinajstić information content (AvgIpc) is 2.47. The van der Waals surface area contributed by atoms with Crippen LogP contribution in [0.1, 0.15) is 30.1 Å². The second-order valence-corrected chi connectivity index (χ2v) is 4.20. The molecule has 0 amide bonds. The molecule has 0 aromatic carbocycles. The number of unbranched alkanes of at least 4 members (excludes halogenated alkanes) is 1. The van der Waals surface area contributed by atoms with Crippen molar-refractivity contribution in [3.8, 4) is 11.4 Å². The second-order valence-electron chi connectivity index (χ2n) is 4.20. The Bertz CT molecular complexity index is 620. The highest BCUT2D eigenvalue weighted by Gasteiger charge is 2.09. The van der Waals surface area contributed by atoms with Crippen LogP contribution in [0.4, 0.5) is 0 Å². The topological polar surface area (TPSA) is 64.8 Å². The van der Waals surface area contributed by atoms with Crippen LogP contribution in [-0.4, -0.2) is 21.1 Å². The molecule has 2 aromatic heterocycles. The fourth-order valence-electron chi connectivity index (χ4n) is 1.75. The van der Waals surface area contributed by atoms with Gasteiger partial charge in [0.25, 0.3) is 5.56 Å². The Morgan fingerprint density at radius 3 is 2.79 bits per heavy atom. The number of carbonyl (C=O) groups is 1. The van der Waals surface area contributed by atoms with E-state index in [0.29, 0.717) is 24.2 Å². The molecule has 0 saturated heterocycles. The molecule has 2 heterocycles. The van der Waals surface area contributed by atoms with E-state index >= 15 is 0 Å². The number of pyridine rings is 1. The van der Waals surface area contributed by atoms with Crippen LogP contribution in [0, 0.1) is 0 Å². The summed E-state index contributed by atoms with van der Waals surface area (Å²) in [4.78, 5) is 27.1. The summed E-state index contributed by atoms with van der Waals surface area (Å²) in [7, 11) is 0. The lowest BCUT2D eigenvalue weighted by Crippen LogP contribution is -2.26. The molecule has 5 nitrogen and oxygen atoms in total. The summed E-state index contributed by atoms with van der Waals surface area (Å²) in [6, 6.07) is 6.93. The number of carbonyl (C=O) groups excluding carboxylic acids is 1. The predicted octanol–water partition coefficient (Wildman–Crippen LogP) is 1.92. The molecule has 0 atom stereocenters. The minimum atomic E-state index is -0.344. The maximum absolute atomic E-state index is 11.9. The zero-order valence-electron chi connectivity index (χ0n) is 10.7. The summed E-state index contributed by atoms with van der Waals surface area (Å²) in [5.41, 5.74) is 0.962. The van der Waals surface area contributed by atoms with Crippen LogP contribution in [0.2, 0.25) is 0 Å². The molecule has 2 rings (SSSR count). The van der Waals surface area contributed by atoms with Gasteiger partial charge in [-0.05, 0) is 24.6 Å². The van der Waals surface area contributed by atoms with Crippen molar-refractivity contribution in [3.63, 3.8) is 0 Å². The van der Waals surface area contributed by atoms with Gasteiger partial charge < -0.3 is 0 Å². The van der Waals surface area contributed by atoms with Gasteiger partial charge in [-0.25, -0.2) is 4.68 Å². The predicted molar refractivity (Wildman–Crippen MR) is 72.0 cm³/mol. The van der Waals surface area contributed by atoms with Crippen molar-refractivity contribution in [1.29, 1.82) is 0 Å². The molecule has 0 fully saturated rings. The first-order valence-corrected chi connectivity index (χ1v) is 6.25. The van der Waals surface area contributed by atoms with Crippen LogP contribution in [-0.2, 0) is 6.54 Å². The van der Waals surface area contributed by atoms with Crippen molar-refractivity contribution in [1.82, 2.24) is 14.8 Å². The highest BCUT2D eigenvalue weighted by molar-refractivity contribution is 5.76. The van der Waals surface area contributed by atoms with E-state index in [-0.39, 0.29) is 11.1 Å². The molecule has 0 saturated carbocycles. The van der Waals surface area contributed by atoms with E-state index in [1.54, 1.807) is 18.3 Å². The Morgan fingerprint density at radius 2 is 2.16 bits per heavy atom. The summed E-state index contributed by atoms with van der Waals surface area (Å²) >= 11 is 0. The highest BCUT2D eigenvalue weighted by Crippen LogP contribution is 2.12. The van der Waals surface area contributed by atoms with Gasteiger partial charge in [0.2, 0.25) is 0 Å². The molecule has 5 heteroatoms. The molecule has 0 aliphatic carbocycles. The van der Waals surface area contributed by atoms with E-state index < -0.39 is 0 Å². The lowest BCUT2D eigenvalue weighted by atomic mass is 10.2. The molecule has 0 aliphatic heterocycles. The fraction of sp³-hybridized carbons (Fsp3) is 0.286. The van der Waals surface area contributed by atoms with E-state index in [9.17, 15) is 9.59 Å². The molecule has 0 aliphatic rings. The maximum Gasteiger partial charge on any atom is 0.277 e. The SMILES string of the molecule is CCCCn1nc(-c2ccccn2)cc(C=O)c1=O. The highest BCUT2D eigenvalue weighted by atomic mass is 16.1. The average molecular weight is 257 g/mol. The minimum Gasteiger partial charge on any atom is -0.298 e. The summed E-state index contributed by atoms with van der Waals surface area (Å²) < 4.78 is 1.34. The molecular formula is C14H15N3O2.